The number of likely N-dealkylation sites (tertiary alicyclic amines) is 1. The Morgan fingerprint density at radius 1 is 1.29 bits per heavy atom. The minimum atomic E-state index is 0.229. The van der Waals surface area contributed by atoms with E-state index < -0.39 is 0 Å². The molecule has 0 spiro atoms. The van der Waals surface area contributed by atoms with E-state index in [0.29, 0.717) is 17.7 Å². The minimum absolute atomic E-state index is 0.229. The van der Waals surface area contributed by atoms with Crippen molar-refractivity contribution in [1.29, 1.82) is 0 Å². The topological polar surface area (TPSA) is 40.5 Å². The van der Waals surface area contributed by atoms with Crippen LogP contribution in [0.2, 0.25) is 0 Å². The molecule has 1 unspecified atom stereocenters. The summed E-state index contributed by atoms with van der Waals surface area (Å²) >= 11 is 0. The fourth-order valence-corrected chi connectivity index (χ4v) is 2.14. The van der Waals surface area contributed by atoms with Crippen molar-refractivity contribution in [1.82, 2.24) is 4.90 Å². The van der Waals surface area contributed by atoms with E-state index in [2.05, 4.69) is 0 Å². The monoisotopic (exact) mass is 197 g/mol. The molecule has 2 aliphatic rings. The second-order valence-corrected chi connectivity index (χ2v) is 4.68. The Bertz CT molecular complexity index is 213. The highest BCUT2D eigenvalue weighted by Gasteiger charge is 2.29. The third kappa shape index (κ3) is 2.47. The smallest absolute Gasteiger partial charge is 0.222 e. The van der Waals surface area contributed by atoms with Crippen LogP contribution < -0.4 is 0 Å². The van der Waals surface area contributed by atoms with Crippen LogP contribution in [0.5, 0.6) is 0 Å². The first-order chi connectivity index (χ1) is 6.79. The van der Waals surface area contributed by atoms with Gasteiger partial charge in [0.25, 0.3) is 0 Å². The predicted octanol–water partition coefficient (Wildman–Crippen LogP) is 1.02. The van der Waals surface area contributed by atoms with E-state index in [9.17, 15) is 4.79 Å². The quantitative estimate of drug-likeness (QED) is 0.733. The molecule has 1 aliphatic heterocycles. The molecule has 1 saturated heterocycles. The van der Waals surface area contributed by atoms with Crippen molar-refractivity contribution < 1.29 is 9.90 Å². The molecule has 1 saturated carbocycles. The van der Waals surface area contributed by atoms with Gasteiger partial charge < -0.3 is 10.0 Å². The molecule has 0 aromatic rings. The van der Waals surface area contributed by atoms with Crippen LogP contribution >= 0.6 is 0 Å². The van der Waals surface area contributed by atoms with Crippen molar-refractivity contribution in [3.63, 3.8) is 0 Å². The van der Waals surface area contributed by atoms with Crippen LogP contribution in [0, 0.1) is 11.8 Å². The third-order valence-corrected chi connectivity index (χ3v) is 3.29. The van der Waals surface area contributed by atoms with Crippen molar-refractivity contribution in [3.05, 3.63) is 0 Å². The Hall–Kier alpha value is -0.570. The fourth-order valence-electron chi connectivity index (χ4n) is 2.14. The molecule has 0 aromatic heterocycles. The van der Waals surface area contributed by atoms with Gasteiger partial charge in [-0.15, -0.1) is 0 Å². The van der Waals surface area contributed by atoms with Crippen LogP contribution in [-0.2, 0) is 4.79 Å². The normalized spacial score (nSPS) is 27.8. The van der Waals surface area contributed by atoms with E-state index in [1.54, 1.807) is 0 Å². The van der Waals surface area contributed by atoms with Crippen LogP contribution in [-0.4, -0.2) is 35.6 Å². The summed E-state index contributed by atoms with van der Waals surface area (Å²) in [5, 5.41) is 9.05. The Morgan fingerprint density at radius 3 is 2.71 bits per heavy atom. The zero-order valence-electron chi connectivity index (χ0n) is 8.61. The molecule has 1 amide bonds. The molecule has 0 aromatic carbocycles. The first-order valence-electron chi connectivity index (χ1n) is 5.68. The van der Waals surface area contributed by atoms with Gasteiger partial charge in [-0.3, -0.25) is 4.79 Å². The van der Waals surface area contributed by atoms with Gasteiger partial charge in [0.15, 0.2) is 0 Å². The first-order valence-corrected chi connectivity index (χ1v) is 5.68. The van der Waals surface area contributed by atoms with Crippen LogP contribution in [0.3, 0.4) is 0 Å². The molecule has 1 heterocycles. The van der Waals surface area contributed by atoms with Gasteiger partial charge in [0.1, 0.15) is 0 Å². The average molecular weight is 197 g/mol. The molecule has 3 nitrogen and oxygen atoms in total. The van der Waals surface area contributed by atoms with E-state index in [0.717, 1.165) is 32.4 Å². The van der Waals surface area contributed by atoms with E-state index in [4.69, 9.17) is 5.11 Å². The lowest BCUT2D eigenvalue weighted by Gasteiger charge is -2.31. The van der Waals surface area contributed by atoms with E-state index in [1.807, 2.05) is 4.90 Å². The standard InChI is InChI=1S/C11H19NO2/c13-8-10-2-1-5-12(7-10)11(14)6-9-3-4-9/h9-10,13H,1-8H2. The SMILES string of the molecule is O=C(CC1CC1)N1CCCC(CO)C1. The first kappa shape index (κ1) is 9.97. The summed E-state index contributed by atoms with van der Waals surface area (Å²) < 4.78 is 0. The molecule has 80 valence electrons. The molecule has 2 fully saturated rings. The molecule has 1 N–H and O–H groups in total. The second-order valence-electron chi connectivity index (χ2n) is 4.68. The predicted molar refractivity (Wildman–Crippen MR) is 53.7 cm³/mol. The van der Waals surface area contributed by atoms with Gasteiger partial charge in [-0.25, -0.2) is 0 Å². The molecule has 0 radical (unpaired) electrons. The lowest BCUT2D eigenvalue weighted by molar-refractivity contribution is -0.133. The van der Waals surface area contributed by atoms with Crippen LogP contribution in [0.15, 0.2) is 0 Å². The fraction of sp³-hybridized carbons (Fsp3) is 0.909. The molecule has 2 rings (SSSR count). The molecular formula is C11H19NO2. The number of carbonyl (C=O) groups is 1. The van der Waals surface area contributed by atoms with Gasteiger partial charge in [-0.1, -0.05) is 0 Å². The Balaban J connectivity index is 1.79. The second kappa shape index (κ2) is 4.30. The third-order valence-electron chi connectivity index (χ3n) is 3.29. The van der Waals surface area contributed by atoms with Gasteiger partial charge in [-0.05, 0) is 37.5 Å². The summed E-state index contributed by atoms with van der Waals surface area (Å²) in [6, 6.07) is 0. The zero-order valence-corrected chi connectivity index (χ0v) is 8.61. The summed E-state index contributed by atoms with van der Waals surface area (Å²) in [7, 11) is 0. The van der Waals surface area contributed by atoms with Crippen molar-refractivity contribution in [2.24, 2.45) is 11.8 Å². The maximum atomic E-state index is 11.8. The largest absolute Gasteiger partial charge is 0.396 e. The number of aliphatic hydroxyl groups excluding tert-OH is 1. The summed E-state index contributed by atoms with van der Waals surface area (Å²) in [5.41, 5.74) is 0. The molecular weight excluding hydrogens is 178 g/mol. The lowest BCUT2D eigenvalue weighted by atomic mass is 9.98. The van der Waals surface area contributed by atoms with Gasteiger partial charge in [0.2, 0.25) is 5.91 Å². The lowest BCUT2D eigenvalue weighted by Crippen LogP contribution is -2.41. The van der Waals surface area contributed by atoms with Gasteiger partial charge in [0.05, 0.1) is 0 Å². The average Bonchev–Trinajstić information content (AvgIpc) is 3.02. The van der Waals surface area contributed by atoms with E-state index >= 15 is 0 Å². The summed E-state index contributed by atoms with van der Waals surface area (Å²) in [6.07, 6.45) is 5.36. The number of piperidine rings is 1. The molecule has 14 heavy (non-hydrogen) atoms. The molecule has 1 aliphatic carbocycles. The van der Waals surface area contributed by atoms with Crippen molar-refractivity contribution in [2.75, 3.05) is 19.7 Å². The van der Waals surface area contributed by atoms with Gasteiger partial charge in [-0.2, -0.15) is 0 Å². The Morgan fingerprint density at radius 2 is 2.07 bits per heavy atom. The summed E-state index contributed by atoms with van der Waals surface area (Å²) in [4.78, 5) is 13.7. The van der Waals surface area contributed by atoms with Gasteiger partial charge in [0, 0.05) is 26.1 Å². The van der Waals surface area contributed by atoms with Crippen LogP contribution in [0.25, 0.3) is 0 Å². The summed E-state index contributed by atoms with van der Waals surface area (Å²) in [5.74, 6) is 1.31. The van der Waals surface area contributed by atoms with Gasteiger partial charge >= 0.3 is 0 Å². The minimum Gasteiger partial charge on any atom is -0.396 e. The maximum Gasteiger partial charge on any atom is 0.222 e. The van der Waals surface area contributed by atoms with Crippen molar-refractivity contribution in [2.45, 2.75) is 32.1 Å². The molecule has 1 atom stereocenters. The Kier molecular flexibility index (Phi) is 3.06. The van der Waals surface area contributed by atoms with Crippen LogP contribution in [0.4, 0.5) is 0 Å². The number of carbonyl (C=O) groups excluding carboxylic acids is 1. The van der Waals surface area contributed by atoms with E-state index in [-0.39, 0.29) is 6.61 Å². The highest BCUT2D eigenvalue weighted by atomic mass is 16.3. The number of hydrogen-bond acceptors (Lipinski definition) is 2. The zero-order chi connectivity index (χ0) is 9.97. The highest BCUT2D eigenvalue weighted by molar-refractivity contribution is 5.76. The molecule has 0 bridgehead atoms. The molecule has 3 heteroatoms. The number of amides is 1. The number of nitrogens with zero attached hydrogens (tertiary/aromatic N) is 1. The number of rotatable bonds is 3. The van der Waals surface area contributed by atoms with Crippen molar-refractivity contribution in [3.8, 4) is 0 Å². The number of aliphatic hydroxyl groups is 1. The Labute approximate surface area is 85.1 Å². The highest BCUT2D eigenvalue weighted by Crippen LogP contribution is 2.33. The maximum absolute atomic E-state index is 11.8. The summed E-state index contributed by atoms with van der Waals surface area (Å²) in [6.45, 7) is 1.91. The van der Waals surface area contributed by atoms with Crippen LogP contribution in [0.1, 0.15) is 32.1 Å². The number of hydrogen-bond donors (Lipinski definition) is 1. The van der Waals surface area contributed by atoms with Crippen molar-refractivity contribution >= 4 is 5.91 Å². The van der Waals surface area contributed by atoms with E-state index in [1.165, 1.54) is 12.8 Å².